The maximum Gasteiger partial charge on any atom is 0.420 e. The molecule has 0 bridgehead atoms. The Morgan fingerprint density at radius 2 is 1.94 bits per heavy atom. The number of anilines is 1. The molecule has 1 amide bonds. The second-order valence-electron chi connectivity index (χ2n) is 8.17. The molecule has 1 N–H and O–H groups in total. The maximum absolute atomic E-state index is 12.3. The lowest BCUT2D eigenvalue weighted by molar-refractivity contribution is 0.153. The van der Waals surface area contributed by atoms with E-state index in [9.17, 15) is 14.7 Å². The van der Waals surface area contributed by atoms with Gasteiger partial charge in [-0.25, -0.2) is 9.59 Å². The van der Waals surface area contributed by atoms with Crippen LogP contribution in [0.15, 0.2) is 51.7 Å². The van der Waals surface area contributed by atoms with Crippen LogP contribution >= 0.6 is 11.6 Å². The zero-order valence-corrected chi connectivity index (χ0v) is 18.8. The van der Waals surface area contributed by atoms with Crippen molar-refractivity contribution in [2.75, 3.05) is 51.2 Å². The van der Waals surface area contributed by atoms with Crippen molar-refractivity contribution < 1.29 is 14.3 Å². The van der Waals surface area contributed by atoms with E-state index in [1.54, 1.807) is 36.4 Å². The van der Waals surface area contributed by atoms with E-state index in [0.717, 1.165) is 44.7 Å². The highest BCUT2D eigenvalue weighted by Crippen LogP contribution is 2.22. The van der Waals surface area contributed by atoms with E-state index in [1.165, 1.54) is 9.47 Å². The fourth-order valence-electron chi connectivity index (χ4n) is 4.05. The molecule has 0 radical (unpaired) electrons. The molecule has 9 heteroatoms. The first-order valence-corrected chi connectivity index (χ1v) is 11.1. The van der Waals surface area contributed by atoms with Crippen LogP contribution in [0.2, 0.25) is 5.02 Å². The van der Waals surface area contributed by atoms with Crippen molar-refractivity contribution in [1.82, 2.24) is 14.4 Å². The van der Waals surface area contributed by atoms with Gasteiger partial charge in [0.15, 0.2) is 5.58 Å². The van der Waals surface area contributed by atoms with E-state index < -0.39 is 11.8 Å². The summed E-state index contributed by atoms with van der Waals surface area (Å²) in [5.41, 5.74) is 2.46. The molecule has 0 saturated carbocycles. The van der Waals surface area contributed by atoms with Crippen LogP contribution in [0.1, 0.15) is 12.0 Å². The van der Waals surface area contributed by atoms with Gasteiger partial charge in [-0.2, -0.15) is 0 Å². The third kappa shape index (κ3) is 5.15. The van der Waals surface area contributed by atoms with Crippen molar-refractivity contribution in [2.45, 2.75) is 13.0 Å². The fourth-order valence-corrected chi connectivity index (χ4v) is 4.22. The number of carbonyl (C=O) groups is 1. The largest absolute Gasteiger partial charge is 0.465 e. The van der Waals surface area contributed by atoms with E-state index in [1.807, 2.05) is 6.07 Å². The van der Waals surface area contributed by atoms with Gasteiger partial charge in [-0.3, -0.25) is 9.47 Å². The molecule has 4 rings (SSSR count). The van der Waals surface area contributed by atoms with Crippen LogP contribution in [0, 0.1) is 0 Å². The Morgan fingerprint density at radius 1 is 1.16 bits per heavy atom. The summed E-state index contributed by atoms with van der Waals surface area (Å²) in [5.74, 6) is -0.477. The lowest BCUT2D eigenvalue weighted by Crippen LogP contribution is -2.45. The standard InChI is InChI=1S/C23H27ClN4O4/c1-25-10-12-26(13-11-25)8-3-9-27(22(29)30)19-5-2-4-17(14-19)16-28-20-15-18(24)6-7-21(20)32-23(28)31/h2,4-7,14-15H,3,8-13,16H2,1H3,(H,29,30). The summed E-state index contributed by atoms with van der Waals surface area (Å²) in [4.78, 5) is 30.3. The monoisotopic (exact) mass is 458 g/mol. The fraction of sp³-hybridized carbons (Fsp3) is 0.391. The molecule has 0 atom stereocenters. The molecule has 32 heavy (non-hydrogen) atoms. The van der Waals surface area contributed by atoms with Gasteiger partial charge in [0.1, 0.15) is 0 Å². The summed E-state index contributed by atoms with van der Waals surface area (Å²) in [6, 6.07) is 12.3. The quantitative estimate of drug-likeness (QED) is 0.584. The first-order valence-electron chi connectivity index (χ1n) is 10.7. The third-order valence-corrected chi connectivity index (χ3v) is 6.11. The van der Waals surface area contributed by atoms with Gasteiger partial charge in [0.25, 0.3) is 0 Å². The van der Waals surface area contributed by atoms with E-state index in [-0.39, 0.29) is 6.54 Å². The van der Waals surface area contributed by atoms with E-state index in [2.05, 4.69) is 16.8 Å². The predicted octanol–water partition coefficient (Wildman–Crippen LogP) is 3.42. The molecular formula is C23H27ClN4O4. The number of aromatic nitrogens is 1. The lowest BCUT2D eigenvalue weighted by Gasteiger charge is -2.32. The van der Waals surface area contributed by atoms with Crippen molar-refractivity contribution in [2.24, 2.45) is 0 Å². The highest BCUT2D eigenvalue weighted by molar-refractivity contribution is 6.31. The Bertz CT molecular complexity index is 1150. The van der Waals surface area contributed by atoms with Gasteiger partial charge in [-0.1, -0.05) is 23.7 Å². The second-order valence-corrected chi connectivity index (χ2v) is 8.61. The molecule has 3 aromatic rings. The molecule has 1 aromatic heterocycles. The maximum atomic E-state index is 12.3. The molecule has 2 aromatic carbocycles. The predicted molar refractivity (Wildman–Crippen MR) is 125 cm³/mol. The molecule has 0 spiro atoms. The van der Waals surface area contributed by atoms with Gasteiger partial charge in [0.2, 0.25) is 0 Å². The normalized spacial score (nSPS) is 15.3. The molecule has 2 heterocycles. The van der Waals surface area contributed by atoms with Gasteiger partial charge in [-0.05, 0) is 55.9 Å². The summed E-state index contributed by atoms with van der Waals surface area (Å²) in [5, 5.41) is 10.3. The van der Waals surface area contributed by atoms with Gasteiger partial charge in [0, 0.05) is 43.4 Å². The average molecular weight is 459 g/mol. The molecule has 0 aliphatic carbocycles. The van der Waals surface area contributed by atoms with Gasteiger partial charge in [0.05, 0.1) is 12.1 Å². The Morgan fingerprint density at radius 3 is 2.69 bits per heavy atom. The van der Waals surface area contributed by atoms with E-state index >= 15 is 0 Å². The number of benzene rings is 2. The van der Waals surface area contributed by atoms with Crippen molar-refractivity contribution in [3.8, 4) is 0 Å². The highest BCUT2D eigenvalue weighted by atomic mass is 35.5. The number of oxazole rings is 1. The Balaban J connectivity index is 1.47. The number of piperazine rings is 1. The van der Waals surface area contributed by atoms with Crippen LogP contribution in [0.25, 0.3) is 11.1 Å². The van der Waals surface area contributed by atoms with E-state index in [0.29, 0.717) is 28.4 Å². The summed E-state index contributed by atoms with van der Waals surface area (Å²) in [7, 11) is 2.12. The molecule has 170 valence electrons. The molecular weight excluding hydrogens is 432 g/mol. The van der Waals surface area contributed by atoms with Crippen LogP contribution in [-0.2, 0) is 6.54 Å². The lowest BCUT2D eigenvalue weighted by atomic mass is 10.1. The smallest absolute Gasteiger partial charge is 0.420 e. The number of hydrogen-bond acceptors (Lipinski definition) is 5. The van der Waals surface area contributed by atoms with Crippen LogP contribution in [0.3, 0.4) is 0 Å². The van der Waals surface area contributed by atoms with Crippen molar-refractivity contribution in [3.05, 3.63) is 63.6 Å². The van der Waals surface area contributed by atoms with Gasteiger partial charge < -0.3 is 19.3 Å². The minimum absolute atomic E-state index is 0.259. The van der Waals surface area contributed by atoms with Crippen LogP contribution < -0.4 is 10.7 Å². The molecule has 1 aliphatic heterocycles. The number of amides is 1. The first-order chi connectivity index (χ1) is 15.4. The topological polar surface area (TPSA) is 82.2 Å². The van der Waals surface area contributed by atoms with Gasteiger partial charge in [-0.15, -0.1) is 0 Å². The number of carboxylic acid groups (broad SMARTS) is 1. The third-order valence-electron chi connectivity index (χ3n) is 5.88. The SMILES string of the molecule is CN1CCN(CCCN(C(=O)O)c2cccc(Cn3c(=O)oc4ccc(Cl)cc43)c2)CC1. The Kier molecular flexibility index (Phi) is 6.83. The number of rotatable bonds is 7. The molecule has 1 saturated heterocycles. The van der Waals surface area contributed by atoms with Crippen molar-refractivity contribution >= 4 is 34.5 Å². The number of likely N-dealkylation sites (N-methyl/N-ethyl adjacent to an activating group) is 1. The summed E-state index contributed by atoms with van der Waals surface area (Å²) in [6.45, 7) is 5.64. The molecule has 1 fully saturated rings. The van der Waals surface area contributed by atoms with Crippen molar-refractivity contribution in [1.29, 1.82) is 0 Å². The number of hydrogen-bond donors (Lipinski definition) is 1. The zero-order chi connectivity index (χ0) is 22.7. The summed E-state index contributed by atoms with van der Waals surface area (Å²) >= 11 is 6.08. The second kappa shape index (κ2) is 9.77. The Hall–Kier alpha value is -2.81. The number of halogens is 1. The molecule has 0 unspecified atom stereocenters. The van der Waals surface area contributed by atoms with Gasteiger partial charge >= 0.3 is 11.8 Å². The summed E-state index contributed by atoms with van der Waals surface area (Å²) < 4.78 is 6.79. The Labute approximate surface area is 191 Å². The van der Waals surface area contributed by atoms with Crippen LogP contribution in [-0.4, -0.2) is 71.9 Å². The number of nitrogens with zero attached hydrogens (tertiary/aromatic N) is 4. The van der Waals surface area contributed by atoms with Crippen molar-refractivity contribution in [3.63, 3.8) is 0 Å². The summed E-state index contributed by atoms with van der Waals surface area (Å²) in [6.07, 6.45) is -0.233. The minimum Gasteiger partial charge on any atom is -0.465 e. The zero-order valence-electron chi connectivity index (χ0n) is 18.0. The molecule has 1 aliphatic rings. The minimum atomic E-state index is -0.988. The van der Waals surface area contributed by atoms with E-state index in [4.69, 9.17) is 16.0 Å². The highest BCUT2D eigenvalue weighted by Gasteiger charge is 2.18. The average Bonchev–Trinajstić information content (AvgIpc) is 3.07. The van der Waals surface area contributed by atoms with Crippen LogP contribution in [0.5, 0.6) is 0 Å². The molecule has 8 nitrogen and oxygen atoms in total. The number of fused-ring (bicyclic) bond motifs is 1. The first kappa shape index (κ1) is 22.4. The van der Waals surface area contributed by atoms with Crippen LogP contribution in [0.4, 0.5) is 10.5 Å².